The van der Waals surface area contributed by atoms with Crippen molar-refractivity contribution in [3.05, 3.63) is 33.4 Å². The van der Waals surface area contributed by atoms with E-state index in [1.807, 2.05) is 0 Å². The molecule has 0 heteroatoms. The molecule has 0 spiro atoms. The van der Waals surface area contributed by atoms with Crippen molar-refractivity contribution in [1.29, 1.82) is 0 Å². The van der Waals surface area contributed by atoms with Gasteiger partial charge in [0.1, 0.15) is 0 Å². The molecule has 4 unspecified atom stereocenters. The van der Waals surface area contributed by atoms with Crippen molar-refractivity contribution in [2.24, 2.45) is 22.7 Å². The summed E-state index contributed by atoms with van der Waals surface area (Å²) in [5.41, 5.74) is 11.3. The van der Waals surface area contributed by atoms with Crippen LogP contribution in [0.5, 0.6) is 0 Å². The highest BCUT2D eigenvalue weighted by Gasteiger charge is 2.61. The number of fused-ring (bicyclic) bond motifs is 5. The van der Waals surface area contributed by atoms with Crippen molar-refractivity contribution >= 4 is 0 Å². The van der Waals surface area contributed by atoms with Gasteiger partial charge in [0, 0.05) is 0 Å². The summed E-state index contributed by atoms with van der Waals surface area (Å²) < 4.78 is 0. The van der Waals surface area contributed by atoms with Gasteiger partial charge in [-0.2, -0.15) is 0 Å². The monoisotopic (exact) mass is 338 g/mol. The molecular weight excluding hydrogens is 300 g/mol. The molecule has 0 aliphatic heterocycles. The second-order valence-corrected chi connectivity index (χ2v) is 11.0. The molecule has 2 fully saturated rings. The van der Waals surface area contributed by atoms with E-state index in [0.717, 1.165) is 11.8 Å². The van der Waals surface area contributed by atoms with Crippen LogP contribution < -0.4 is 0 Å². The molecule has 0 N–H and O–H groups in total. The molecule has 2 saturated carbocycles. The van der Waals surface area contributed by atoms with Gasteiger partial charge in [-0.15, -0.1) is 0 Å². The Balaban J connectivity index is 1.90. The van der Waals surface area contributed by atoms with Crippen LogP contribution in [0.4, 0.5) is 0 Å². The first-order valence-corrected chi connectivity index (χ1v) is 10.6. The lowest BCUT2D eigenvalue weighted by Gasteiger charge is -2.61. The highest BCUT2D eigenvalue weighted by Crippen LogP contribution is 2.68. The minimum atomic E-state index is 0.404. The first-order valence-electron chi connectivity index (χ1n) is 10.6. The number of benzene rings is 1. The summed E-state index contributed by atoms with van der Waals surface area (Å²) in [5.74, 6) is 1.75. The Bertz CT molecular complexity index is 737. The quantitative estimate of drug-likeness (QED) is 0.479. The molecule has 3 aliphatic carbocycles. The van der Waals surface area contributed by atoms with Gasteiger partial charge in [0.2, 0.25) is 0 Å². The largest absolute Gasteiger partial charge is 0.0596 e. The standard InChI is InChI=1S/C25H38/c1-15-16(2)18(4)22-19(17(15)3)14-21-24(7)12-9-11-23(5,6)20(24)10-13-25(21,22)8/h20-21H,9-14H2,1-8H3. The third-order valence-electron chi connectivity index (χ3n) is 9.59. The summed E-state index contributed by atoms with van der Waals surface area (Å²) in [5, 5.41) is 0. The third-order valence-corrected chi connectivity index (χ3v) is 9.59. The molecular formula is C25H38. The SMILES string of the molecule is Cc1c(C)c(C)c2c(c1C)CC1C2(C)CCC2C(C)(C)CCCC21C. The average Bonchev–Trinajstić information content (AvgIpc) is 2.85. The Morgan fingerprint density at radius 1 is 0.720 bits per heavy atom. The number of rotatable bonds is 0. The molecule has 0 bridgehead atoms. The number of hydrogen-bond acceptors (Lipinski definition) is 0. The van der Waals surface area contributed by atoms with Gasteiger partial charge < -0.3 is 0 Å². The molecule has 1 aromatic rings. The van der Waals surface area contributed by atoms with E-state index in [1.54, 1.807) is 33.4 Å². The Labute approximate surface area is 155 Å². The summed E-state index contributed by atoms with van der Waals surface area (Å²) in [6.07, 6.45) is 8.48. The molecule has 3 aliphatic rings. The van der Waals surface area contributed by atoms with Crippen molar-refractivity contribution < 1.29 is 0 Å². The minimum Gasteiger partial charge on any atom is -0.0596 e. The van der Waals surface area contributed by atoms with E-state index >= 15 is 0 Å². The maximum atomic E-state index is 2.68. The van der Waals surface area contributed by atoms with E-state index < -0.39 is 0 Å². The zero-order valence-electron chi connectivity index (χ0n) is 17.9. The maximum absolute atomic E-state index is 2.68. The first kappa shape index (κ1) is 17.6. The smallest absolute Gasteiger partial charge is 0.00329 e. The molecule has 0 aromatic heterocycles. The van der Waals surface area contributed by atoms with E-state index in [9.17, 15) is 0 Å². The lowest BCUT2D eigenvalue weighted by molar-refractivity contribution is -0.0983. The van der Waals surface area contributed by atoms with Gasteiger partial charge in [0.25, 0.3) is 0 Å². The van der Waals surface area contributed by atoms with Crippen LogP contribution in [-0.2, 0) is 11.8 Å². The molecule has 0 heterocycles. The third kappa shape index (κ3) is 2.06. The van der Waals surface area contributed by atoms with Gasteiger partial charge in [-0.25, -0.2) is 0 Å². The van der Waals surface area contributed by atoms with Gasteiger partial charge in [0.05, 0.1) is 0 Å². The summed E-state index contributed by atoms with van der Waals surface area (Å²) in [4.78, 5) is 0. The van der Waals surface area contributed by atoms with Crippen LogP contribution in [-0.4, -0.2) is 0 Å². The summed E-state index contributed by atoms with van der Waals surface area (Å²) in [6, 6.07) is 0. The van der Waals surface area contributed by atoms with Gasteiger partial charge in [0.15, 0.2) is 0 Å². The Kier molecular flexibility index (Phi) is 3.62. The zero-order valence-corrected chi connectivity index (χ0v) is 17.9. The second-order valence-electron chi connectivity index (χ2n) is 11.0. The summed E-state index contributed by atoms with van der Waals surface area (Å²) in [6.45, 7) is 19.9. The van der Waals surface area contributed by atoms with Gasteiger partial charge in [-0.05, 0) is 121 Å². The number of hydrogen-bond donors (Lipinski definition) is 0. The fourth-order valence-corrected chi connectivity index (χ4v) is 8.03. The molecule has 25 heavy (non-hydrogen) atoms. The molecule has 4 rings (SSSR count). The van der Waals surface area contributed by atoms with E-state index in [1.165, 1.54) is 38.5 Å². The van der Waals surface area contributed by atoms with Crippen molar-refractivity contribution in [3.63, 3.8) is 0 Å². The van der Waals surface area contributed by atoms with E-state index in [4.69, 9.17) is 0 Å². The van der Waals surface area contributed by atoms with Crippen molar-refractivity contribution in [3.8, 4) is 0 Å². The Morgan fingerprint density at radius 2 is 1.36 bits per heavy atom. The molecule has 0 nitrogen and oxygen atoms in total. The Hall–Kier alpha value is -0.780. The fourth-order valence-electron chi connectivity index (χ4n) is 8.03. The summed E-state index contributed by atoms with van der Waals surface area (Å²) >= 11 is 0. The van der Waals surface area contributed by atoms with Crippen molar-refractivity contribution in [2.75, 3.05) is 0 Å². The average molecular weight is 339 g/mol. The lowest BCUT2D eigenvalue weighted by Crippen LogP contribution is -2.55. The van der Waals surface area contributed by atoms with Crippen LogP contribution in [0, 0.1) is 50.4 Å². The second kappa shape index (κ2) is 5.14. The zero-order chi connectivity index (χ0) is 18.4. The van der Waals surface area contributed by atoms with Gasteiger partial charge in [-0.3, -0.25) is 0 Å². The summed E-state index contributed by atoms with van der Waals surface area (Å²) in [7, 11) is 0. The van der Waals surface area contributed by atoms with Crippen LogP contribution in [0.1, 0.15) is 93.2 Å². The Morgan fingerprint density at radius 3 is 2.04 bits per heavy atom. The predicted molar refractivity (Wildman–Crippen MR) is 108 cm³/mol. The van der Waals surface area contributed by atoms with Crippen LogP contribution in [0.2, 0.25) is 0 Å². The van der Waals surface area contributed by atoms with E-state index in [2.05, 4.69) is 55.4 Å². The van der Waals surface area contributed by atoms with Gasteiger partial charge in [-0.1, -0.05) is 34.1 Å². The van der Waals surface area contributed by atoms with Crippen LogP contribution in [0.25, 0.3) is 0 Å². The first-order chi connectivity index (χ1) is 11.5. The molecule has 0 saturated heterocycles. The van der Waals surface area contributed by atoms with Crippen molar-refractivity contribution in [1.82, 2.24) is 0 Å². The van der Waals surface area contributed by atoms with Crippen LogP contribution in [0.15, 0.2) is 0 Å². The van der Waals surface area contributed by atoms with E-state index in [-0.39, 0.29) is 0 Å². The molecule has 138 valence electrons. The van der Waals surface area contributed by atoms with Crippen LogP contribution >= 0.6 is 0 Å². The molecule has 1 aromatic carbocycles. The van der Waals surface area contributed by atoms with Gasteiger partial charge >= 0.3 is 0 Å². The van der Waals surface area contributed by atoms with Crippen molar-refractivity contribution in [2.45, 2.75) is 99.3 Å². The van der Waals surface area contributed by atoms with Crippen LogP contribution in [0.3, 0.4) is 0 Å². The normalized spacial score (nSPS) is 38.9. The highest BCUT2D eigenvalue weighted by atomic mass is 14.7. The highest BCUT2D eigenvalue weighted by molar-refractivity contribution is 5.57. The van der Waals surface area contributed by atoms with E-state index in [0.29, 0.717) is 16.2 Å². The maximum Gasteiger partial charge on any atom is -0.00329 e. The lowest BCUT2D eigenvalue weighted by atomic mass is 9.43. The minimum absolute atomic E-state index is 0.404. The molecule has 0 radical (unpaired) electrons. The predicted octanol–water partition coefficient (Wildman–Crippen LogP) is 6.98. The molecule has 4 atom stereocenters. The topological polar surface area (TPSA) is 0 Å². The fraction of sp³-hybridized carbons (Fsp3) is 0.760. The molecule has 0 amide bonds.